The topological polar surface area (TPSA) is 108 Å². The zero-order valence-corrected chi connectivity index (χ0v) is 10.0. The summed E-state index contributed by atoms with van der Waals surface area (Å²) in [5.41, 5.74) is 0. The molecule has 0 spiro atoms. The molecule has 0 aliphatic rings. The lowest BCUT2D eigenvalue weighted by molar-refractivity contribution is -0.139. The molecule has 7 nitrogen and oxygen atoms in total. The minimum atomic E-state index is -1.07. The third-order valence-electron chi connectivity index (χ3n) is 2.26. The molecule has 1 aromatic heterocycles. The van der Waals surface area contributed by atoms with Gasteiger partial charge in [0.2, 0.25) is 5.82 Å². The molecule has 17 heavy (non-hydrogen) atoms. The first-order valence-electron chi connectivity index (χ1n) is 5.41. The monoisotopic (exact) mass is 240 g/mol. The molecule has 0 fully saturated rings. The van der Waals surface area contributed by atoms with Gasteiger partial charge in [0.1, 0.15) is 11.9 Å². The number of hydrogen-bond acceptors (Lipinski definition) is 4. The second kappa shape index (κ2) is 5.42. The van der Waals surface area contributed by atoms with Crippen LogP contribution in [0.2, 0.25) is 0 Å². The minimum Gasteiger partial charge on any atom is -0.480 e. The molecule has 1 heterocycles. The highest BCUT2D eigenvalue weighted by Gasteiger charge is 2.21. The van der Waals surface area contributed by atoms with Gasteiger partial charge < -0.3 is 10.4 Å². The molecule has 0 saturated heterocycles. The number of rotatable bonds is 5. The molecule has 1 rings (SSSR count). The first-order chi connectivity index (χ1) is 7.95. The lowest BCUT2D eigenvalue weighted by Crippen LogP contribution is -2.40. The Morgan fingerprint density at radius 1 is 1.47 bits per heavy atom. The van der Waals surface area contributed by atoms with E-state index in [2.05, 4.69) is 20.5 Å². The van der Waals surface area contributed by atoms with E-state index >= 15 is 0 Å². The lowest BCUT2D eigenvalue weighted by atomic mass is 10.2. The van der Waals surface area contributed by atoms with E-state index < -0.39 is 17.9 Å². The third-order valence-corrected chi connectivity index (χ3v) is 2.26. The van der Waals surface area contributed by atoms with Crippen LogP contribution < -0.4 is 5.32 Å². The molecular weight excluding hydrogens is 224 g/mol. The number of nitrogens with zero attached hydrogens (tertiary/aromatic N) is 2. The van der Waals surface area contributed by atoms with Crippen molar-refractivity contribution in [3.8, 4) is 0 Å². The zero-order chi connectivity index (χ0) is 13.0. The maximum atomic E-state index is 11.6. The van der Waals surface area contributed by atoms with E-state index in [1.807, 2.05) is 13.8 Å². The number of amides is 1. The van der Waals surface area contributed by atoms with Crippen LogP contribution in [0.4, 0.5) is 0 Å². The first-order valence-corrected chi connectivity index (χ1v) is 5.41. The summed E-state index contributed by atoms with van der Waals surface area (Å²) < 4.78 is 0. The first kappa shape index (κ1) is 13.1. The maximum Gasteiger partial charge on any atom is 0.326 e. The molecule has 1 amide bonds. The number of H-pyrrole nitrogens is 1. The molecule has 3 N–H and O–H groups in total. The van der Waals surface area contributed by atoms with Crippen molar-refractivity contribution >= 4 is 11.9 Å². The summed E-state index contributed by atoms with van der Waals surface area (Å²) >= 11 is 0. The fraction of sp³-hybridized carbons (Fsp3) is 0.600. The van der Waals surface area contributed by atoms with Crippen LogP contribution >= 0.6 is 0 Å². The van der Waals surface area contributed by atoms with E-state index in [0.717, 1.165) is 0 Å². The van der Waals surface area contributed by atoms with E-state index in [-0.39, 0.29) is 11.7 Å². The van der Waals surface area contributed by atoms with Crippen LogP contribution in [-0.2, 0) is 4.79 Å². The highest BCUT2D eigenvalue weighted by atomic mass is 16.4. The summed E-state index contributed by atoms with van der Waals surface area (Å²) in [6.45, 7) is 5.50. The number of carboxylic acid groups (broad SMARTS) is 1. The van der Waals surface area contributed by atoms with Crippen LogP contribution in [0.15, 0.2) is 0 Å². The number of hydrogen-bond donors (Lipinski definition) is 3. The van der Waals surface area contributed by atoms with E-state index in [0.29, 0.717) is 12.2 Å². The highest BCUT2D eigenvalue weighted by molar-refractivity contribution is 5.93. The number of carbonyl (C=O) groups is 2. The molecule has 0 unspecified atom stereocenters. The quantitative estimate of drug-likeness (QED) is 0.695. The Hall–Kier alpha value is -1.92. The Morgan fingerprint density at radius 3 is 2.53 bits per heavy atom. The van der Waals surface area contributed by atoms with Crippen LogP contribution in [0.25, 0.3) is 0 Å². The standard InChI is InChI=1S/C10H16N4O3/c1-4-6(10(16)17)11-9(15)8-12-7(5(2)3)13-14-8/h5-6H,4H2,1-3H3,(H,11,15)(H,16,17)(H,12,13,14)/t6-/m0/s1. The summed E-state index contributed by atoms with van der Waals surface area (Å²) in [7, 11) is 0. The van der Waals surface area contributed by atoms with E-state index in [4.69, 9.17) is 5.11 Å². The van der Waals surface area contributed by atoms with Gasteiger partial charge in [-0.25, -0.2) is 9.78 Å². The van der Waals surface area contributed by atoms with Crippen molar-refractivity contribution < 1.29 is 14.7 Å². The summed E-state index contributed by atoms with van der Waals surface area (Å²) in [6.07, 6.45) is 0.308. The van der Waals surface area contributed by atoms with Crippen LogP contribution in [0, 0.1) is 0 Å². The number of aromatic nitrogens is 3. The largest absolute Gasteiger partial charge is 0.480 e. The molecule has 94 valence electrons. The van der Waals surface area contributed by atoms with Crippen LogP contribution in [0.5, 0.6) is 0 Å². The van der Waals surface area contributed by atoms with Gasteiger partial charge in [0.15, 0.2) is 0 Å². The average molecular weight is 240 g/mol. The van der Waals surface area contributed by atoms with Gasteiger partial charge >= 0.3 is 5.97 Å². The van der Waals surface area contributed by atoms with E-state index in [9.17, 15) is 9.59 Å². The molecular formula is C10H16N4O3. The molecule has 1 atom stereocenters. The molecule has 7 heteroatoms. The van der Waals surface area contributed by atoms with Crippen molar-refractivity contribution in [3.63, 3.8) is 0 Å². The maximum absolute atomic E-state index is 11.6. The number of carboxylic acids is 1. The van der Waals surface area contributed by atoms with Crippen molar-refractivity contribution in [2.24, 2.45) is 0 Å². The number of aliphatic carboxylic acids is 1. The second-order valence-corrected chi connectivity index (χ2v) is 3.97. The molecule has 1 aromatic rings. The van der Waals surface area contributed by atoms with E-state index in [1.54, 1.807) is 6.92 Å². The van der Waals surface area contributed by atoms with Gasteiger partial charge in [-0.3, -0.25) is 9.89 Å². The number of nitrogens with one attached hydrogen (secondary N) is 2. The van der Waals surface area contributed by atoms with Gasteiger partial charge in [-0.15, -0.1) is 5.10 Å². The summed E-state index contributed by atoms with van der Waals surface area (Å²) in [5.74, 6) is -0.958. The van der Waals surface area contributed by atoms with Gasteiger partial charge in [-0.05, 0) is 6.42 Å². The third kappa shape index (κ3) is 3.27. The SMILES string of the molecule is CC[C@H](NC(=O)c1n[nH]c(C(C)C)n1)C(=O)O. The highest BCUT2D eigenvalue weighted by Crippen LogP contribution is 2.07. The van der Waals surface area contributed by atoms with Crippen molar-refractivity contribution in [2.75, 3.05) is 0 Å². The Bertz CT molecular complexity index is 413. The summed E-state index contributed by atoms with van der Waals surface area (Å²) in [6, 6.07) is -0.913. The van der Waals surface area contributed by atoms with Gasteiger partial charge in [0.05, 0.1) is 0 Å². The molecule has 0 aromatic carbocycles. The fourth-order valence-electron chi connectivity index (χ4n) is 1.20. The normalized spacial score (nSPS) is 12.5. The van der Waals surface area contributed by atoms with Crippen molar-refractivity contribution in [2.45, 2.75) is 39.2 Å². The number of carbonyl (C=O) groups excluding carboxylic acids is 1. The van der Waals surface area contributed by atoms with Crippen molar-refractivity contribution in [3.05, 3.63) is 11.6 Å². The van der Waals surface area contributed by atoms with Gasteiger partial charge in [0, 0.05) is 5.92 Å². The Balaban J connectivity index is 2.72. The molecule has 0 bridgehead atoms. The molecule has 0 radical (unpaired) electrons. The molecule has 0 aliphatic carbocycles. The Morgan fingerprint density at radius 2 is 2.12 bits per heavy atom. The van der Waals surface area contributed by atoms with Crippen LogP contribution in [-0.4, -0.2) is 38.2 Å². The lowest BCUT2D eigenvalue weighted by Gasteiger charge is -2.09. The van der Waals surface area contributed by atoms with Gasteiger partial charge in [0.25, 0.3) is 5.91 Å². The average Bonchev–Trinajstić information content (AvgIpc) is 2.74. The number of aromatic amines is 1. The zero-order valence-electron chi connectivity index (χ0n) is 10.0. The van der Waals surface area contributed by atoms with E-state index in [1.165, 1.54) is 0 Å². The Kier molecular flexibility index (Phi) is 4.19. The fourth-order valence-corrected chi connectivity index (χ4v) is 1.20. The van der Waals surface area contributed by atoms with Crippen molar-refractivity contribution in [1.82, 2.24) is 20.5 Å². The predicted octanol–water partition coefficient (Wildman–Crippen LogP) is 0.521. The molecule has 0 aliphatic heterocycles. The van der Waals surface area contributed by atoms with Gasteiger partial charge in [-0.1, -0.05) is 20.8 Å². The van der Waals surface area contributed by atoms with Crippen molar-refractivity contribution in [1.29, 1.82) is 0 Å². The van der Waals surface area contributed by atoms with Crippen LogP contribution in [0.1, 0.15) is 49.6 Å². The van der Waals surface area contributed by atoms with Crippen LogP contribution in [0.3, 0.4) is 0 Å². The molecule has 0 saturated carbocycles. The summed E-state index contributed by atoms with van der Waals surface area (Å²) in [4.78, 5) is 26.4. The predicted molar refractivity (Wildman–Crippen MR) is 59.7 cm³/mol. The smallest absolute Gasteiger partial charge is 0.326 e. The van der Waals surface area contributed by atoms with Gasteiger partial charge in [-0.2, -0.15) is 0 Å². The minimum absolute atomic E-state index is 0.0339. The summed E-state index contributed by atoms with van der Waals surface area (Å²) in [5, 5.41) is 17.5. The Labute approximate surface area is 98.6 Å². The second-order valence-electron chi connectivity index (χ2n) is 3.97.